The molecule has 3 unspecified atom stereocenters. The standard InChI is InChI=1S/C16H22N2O3/c1-10-5-6-17-11(2)15(10)18-16(19)12-3-4-13-14(9-12)21-8-7-20-13/h3-4,9-11,15,17H,5-8H2,1-2H3,(H,18,19). The molecular formula is C16H22N2O3. The average Bonchev–Trinajstić information content (AvgIpc) is 2.50. The number of carbonyl (C=O) groups excluding carboxylic acids is 1. The molecule has 0 bridgehead atoms. The van der Waals surface area contributed by atoms with Gasteiger partial charge in [-0.25, -0.2) is 0 Å². The molecule has 2 aliphatic heterocycles. The zero-order chi connectivity index (χ0) is 14.8. The molecule has 1 amide bonds. The van der Waals surface area contributed by atoms with Gasteiger partial charge in [-0.1, -0.05) is 6.92 Å². The second-order valence-electron chi connectivity index (χ2n) is 5.87. The largest absolute Gasteiger partial charge is 0.486 e. The van der Waals surface area contributed by atoms with Crippen molar-refractivity contribution < 1.29 is 14.3 Å². The molecule has 1 saturated heterocycles. The van der Waals surface area contributed by atoms with E-state index in [1.807, 2.05) is 0 Å². The summed E-state index contributed by atoms with van der Waals surface area (Å²) in [6.45, 7) is 6.40. The second-order valence-corrected chi connectivity index (χ2v) is 5.87. The highest BCUT2D eigenvalue weighted by atomic mass is 16.6. The first-order valence-corrected chi connectivity index (χ1v) is 7.59. The molecule has 3 atom stereocenters. The number of fused-ring (bicyclic) bond motifs is 1. The van der Waals surface area contributed by atoms with Crippen molar-refractivity contribution in [2.45, 2.75) is 32.4 Å². The molecule has 21 heavy (non-hydrogen) atoms. The normalized spacial score (nSPS) is 28.0. The number of hydrogen-bond donors (Lipinski definition) is 2. The summed E-state index contributed by atoms with van der Waals surface area (Å²) >= 11 is 0. The fourth-order valence-electron chi connectivity index (χ4n) is 3.02. The molecule has 5 heteroatoms. The molecule has 3 rings (SSSR count). The molecule has 2 heterocycles. The minimum absolute atomic E-state index is 0.0561. The van der Waals surface area contributed by atoms with Crippen LogP contribution >= 0.6 is 0 Å². The number of ether oxygens (including phenoxy) is 2. The molecule has 2 aliphatic rings. The summed E-state index contributed by atoms with van der Waals surface area (Å²) in [6, 6.07) is 5.79. The SMILES string of the molecule is CC1CCNC(C)C1NC(=O)c1ccc2c(c1)OCCO2. The van der Waals surface area contributed by atoms with E-state index in [1.165, 1.54) is 0 Å². The Hall–Kier alpha value is -1.75. The lowest BCUT2D eigenvalue weighted by atomic mass is 9.89. The van der Waals surface area contributed by atoms with E-state index in [0.29, 0.717) is 36.2 Å². The van der Waals surface area contributed by atoms with Crippen molar-refractivity contribution >= 4 is 5.91 Å². The first-order chi connectivity index (χ1) is 10.1. The molecule has 0 spiro atoms. The zero-order valence-corrected chi connectivity index (χ0v) is 12.5. The van der Waals surface area contributed by atoms with Crippen LogP contribution in [0.2, 0.25) is 0 Å². The van der Waals surface area contributed by atoms with E-state index in [2.05, 4.69) is 24.5 Å². The fraction of sp³-hybridized carbons (Fsp3) is 0.562. The van der Waals surface area contributed by atoms with Gasteiger partial charge in [0.25, 0.3) is 5.91 Å². The number of piperidine rings is 1. The van der Waals surface area contributed by atoms with Gasteiger partial charge in [-0.3, -0.25) is 4.79 Å². The molecule has 114 valence electrons. The summed E-state index contributed by atoms with van der Waals surface area (Å²) < 4.78 is 11.0. The van der Waals surface area contributed by atoms with Crippen LogP contribution in [0.4, 0.5) is 0 Å². The van der Waals surface area contributed by atoms with E-state index < -0.39 is 0 Å². The number of benzene rings is 1. The predicted octanol–water partition coefficient (Wildman–Crippen LogP) is 1.57. The van der Waals surface area contributed by atoms with Crippen LogP contribution in [0.5, 0.6) is 11.5 Å². The molecule has 0 saturated carbocycles. The van der Waals surface area contributed by atoms with Gasteiger partial charge in [0.1, 0.15) is 13.2 Å². The van der Waals surface area contributed by atoms with Crippen molar-refractivity contribution in [1.82, 2.24) is 10.6 Å². The quantitative estimate of drug-likeness (QED) is 0.868. The Bertz CT molecular complexity index is 522. The Balaban J connectivity index is 1.73. The molecule has 0 radical (unpaired) electrons. The first kappa shape index (κ1) is 14.2. The monoisotopic (exact) mass is 290 g/mol. The van der Waals surface area contributed by atoms with E-state index in [4.69, 9.17) is 9.47 Å². The van der Waals surface area contributed by atoms with Gasteiger partial charge in [-0.2, -0.15) is 0 Å². The Morgan fingerprint density at radius 3 is 2.76 bits per heavy atom. The summed E-state index contributed by atoms with van der Waals surface area (Å²) in [4.78, 5) is 12.5. The number of rotatable bonds is 2. The Labute approximate surface area is 125 Å². The lowest BCUT2D eigenvalue weighted by Gasteiger charge is -2.36. The summed E-state index contributed by atoms with van der Waals surface area (Å²) in [7, 11) is 0. The van der Waals surface area contributed by atoms with E-state index in [1.54, 1.807) is 18.2 Å². The van der Waals surface area contributed by atoms with Gasteiger partial charge in [0, 0.05) is 17.6 Å². The summed E-state index contributed by atoms with van der Waals surface area (Å²) in [5, 5.41) is 6.55. The van der Waals surface area contributed by atoms with Gasteiger partial charge < -0.3 is 20.1 Å². The third-order valence-corrected chi connectivity index (χ3v) is 4.32. The van der Waals surface area contributed by atoms with Gasteiger partial charge in [0.15, 0.2) is 11.5 Å². The minimum Gasteiger partial charge on any atom is -0.486 e. The van der Waals surface area contributed by atoms with Gasteiger partial charge in [-0.05, 0) is 44.0 Å². The number of nitrogens with one attached hydrogen (secondary N) is 2. The van der Waals surface area contributed by atoms with Crippen molar-refractivity contribution in [1.29, 1.82) is 0 Å². The fourth-order valence-corrected chi connectivity index (χ4v) is 3.02. The first-order valence-electron chi connectivity index (χ1n) is 7.59. The van der Waals surface area contributed by atoms with Crippen LogP contribution in [0, 0.1) is 5.92 Å². The number of amides is 1. The second kappa shape index (κ2) is 5.93. The van der Waals surface area contributed by atoms with Crippen LogP contribution in [-0.4, -0.2) is 37.7 Å². The maximum Gasteiger partial charge on any atom is 0.251 e. The minimum atomic E-state index is -0.0561. The number of carbonyl (C=O) groups is 1. The van der Waals surface area contributed by atoms with Crippen LogP contribution in [0.1, 0.15) is 30.6 Å². The molecule has 1 aromatic rings. The topological polar surface area (TPSA) is 59.6 Å². The van der Waals surface area contributed by atoms with Gasteiger partial charge in [0.2, 0.25) is 0 Å². The summed E-state index contributed by atoms with van der Waals surface area (Å²) in [5.74, 6) is 1.78. The van der Waals surface area contributed by atoms with Crippen molar-refractivity contribution in [3.8, 4) is 11.5 Å². The van der Waals surface area contributed by atoms with Crippen LogP contribution in [0.15, 0.2) is 18.2 Å². The molecule has 2 N–H and O–H groups in total. The highest BCUT2D eigenvalue weighted by Gasteiger charge is 2.29. The van der Waals surface area contributed by atoms with Gasteiger partial charge in [-0.15, -0.1) is 0 Å². The molecule has 1 fully saturated rings. The van der Waals surface area contributed by atoms with E-state index >= 15 is 0 Å². The smallest absolute Gasteiger partial charge is 0.251 e. The van der Waals surface area contributed by atoms with Gasteiger partial charge >= 0.3 is 0 Å². The molecule has 0 aromatic heterocycles. The lowest BCUT2D eigenvalue weighted by Crippen LogP contribution is -2.55. The molecule has 0 aliphatic carbocycles. The summed E-state index contributed by atoms with van der Waals surface area (Å²) in [5.41, 5.74) is 0.615. The third kappa shape index (κ3) is 2.97. The van der Waals surface area contributed by atoms with Crippen LogP contribution < -0.4 is 20.1 Å². The van der Waals surface area contributed by atoms with Crippen LogP contribution in [-0.2, 0) is 0 Å². The Morgan fingerprint density at radius 1 is 1.24 bits per heavy atom. The zero-order valence-electron chi connectivity index (χ0n) is 12.5. The Kier molecular flexibility index (Phi) is 4.01. The van der Waals surface area contributed by atoms with Crippen molar-refractivity contribution in [2.75, 3.05) is 19.8 Å². The van der Waals surface area contributed by atoms with Crippen molar-refractivity contribution in [2.24, 2.45) is 5.92 Å². The molecule has 1 aromatic carbocycles. The lowest BCUT2D eigenvalue weighted by molar-refractivity contribution is 0.0896. The van der Waals surface area contributed by atoms with E-state index in [-0.39, 0.29) is 18.0 Å². The van der Waals surface area contributed by atoms with E-state index in [0.717, 1.165) is 13.0 Å². The average molecular weight is 290 g/mol. The van der Waals surface area contributed by atoms with Gasteiger partial charge in [0.05, 0.1) is 0 Å². The maximum atomic E-state index is 12.5. The van der Waals surface area contributed by atoms with Crippen molar-refractivity contribution in [3.63, 3.8) is 0 Å². The number of hydrogen-bond acceptors (Lipinski definition) is 4. The molecular weight excluding hydrogens is 268 g/mol. The maximum absolute atomic E-state index is 12.5. The third-order valence-electron chi connectivity index (χ3n) is 4.32. The highest BCUT2D eigenvalue weighted by molar-refractivity contribution is 5.95. The van der Waals surface area contributed by atoms with E-state index in [9.17, 15) is 4.79 Å². The van der Waals surface area contributed by atoms with Crippen molar-refractivity contribution in [3.05, 3.63) is 23.8 Å². The molecule has 5 nitrogen and oxygen atoms in total. The summed E-state index contributed by atoms with van der Waals surface area (Å²) in [6.07, 6.45) is 1.08. The predicted molar refractivity (Wildman–Crippen MR) is 79.9 cm³/mol. The van der Waals surface area contributed by atoms with Crippen LogP contribution in [0.3, 0.4) is 0 Å². The Morgan fingerprint density at radius 2 is 2.00 bits per heavy atom. The highest BCUT2D eigenvalue weighted by Crippen LogP contribution is 2.30. The van der Waals surface area contributed by atoms with Crippen LogP contribution in [0.25, 0.3) is 0 Å².